The van der Waals surface area contributed by atoms with Crippen LogP contribution in [0, 0.1) is 10.8 Å². The Morgan fingerprint density at radius 2 is 1.25 bits per heavy atom. The van der Waals surface area contributed by atoms with Gasteiger partial charge in [-0.05, 0) is 15.8 Å². The molecule has 0 saturated heterocycles. The molecule has 0 spiro atoms. The number of rotatable bonds is 6. The predicted molar refractivity (Wildman–Crippen MR) is 103 cm³/mol. The Morgan fingerprint density at radius 3 is 1.58 bits per heavy atom. The third-order valence-corrected chi connectivity index (χ3v) is 6.77. The lowest BCUT2D eigenvalue weighted by atomic mass is 9.74. The summed E-state index contributed by atoms with van der Waals surface area (Å²) in [4.78, 5) is 11.7. The Labute approximate surface area is 147 Å². The average molecular weight is 341 g/mol. The van der Waals surface area contributed by atoms with Crippen LogP contribution in [-0.4, -0.2) is 21.4 Å². The van der Waals surface area contributed by atoms with Crippen LogP contribution in [-0.2, 0) is 9.22 Å². The number of carbonyl (C=O) groups is 1. The van der Waals surface area contributed by atoms with Crippen LogP contribution < -0.4 is 10.4 Å². The molecule has 0 fully saturated rings. The summed E-state index contributed by atoms with van der Waals surface area (Å²) in [5.74, 6) is 0. The maximum Gasteiger partial charge on any atom is 0.240 e. The topological polar surface area (TPSA) is 26.3 Å². The summed E-state index contributed by atoms with van der Waals surface area (Å²) in [6.45, 7) is 10.4. The fourth-order valence-corrected chi connectivity index (χ4v) is 6.17. The number of benzene rings is 2. The fraction of sp³-hybridized carbons (Fsp3) is 0.381. The van der Waals surface area contributed by atoms with Gasteiger partial charge in [0.1, 0.15) is 6.29 Å². The van der Waals surface area contributed by atoms with E-state index in [4.69, 9.17) is 4.43 Å². The summed E-state index contributed by atoms with van der Waals surface area (Å²) in [7, 11) is -1.88. The molecule has 0 heterocycles. The van der Waals surface area contributed by atoms with Crippen LogP contribution in [0.5, 0.6) is 0 Å². The van der Waals surface area contributed by atoms with Gasteiger partial charge in [-0.3, -0.25) is 0 Å². The molecular weight excluding hydrogens is 312 g/mol. The van der Waals surface area contributed by atoms with Crippen molar-refractivity contribution in [1.82, 2.24) is 0 Å². The maximum atomic E-state index is 11.7. The highest BCUT2D eigenvalue weighted by molar-refractivity contribution is 6.80. The SMILES string of the molecule is CC(C)(C)C(O[SiH](c1ccccc1)c1ccccc1)C(C)(C)C=O. The van der Waals surface area contributed by atoms with Crippen molar-refractivity contribution in [1.29, 1.82) is 0 Å². The molecular formula is C21H28O2Si. The molecule has 0 saturated carbocycles. The van der Waals surface area contributed by atoms with E-state index in [0.29, 0.717) is 0 Å². The molecule has 0 bridgehead atoms. The molecule has 24 heavy (non-hydrogen) atoms. The van der Waals surface area contributed by atoms with Gasteiger partial charge in [0.05, 0.1) is 6.10 Å². The normalized spacial score (nSPS) is 13.8. The van der Waals surface area contributed by atoms with Crippen molar-refractivity contribution >= 4 is 25.7 Å². The van der Waals surface area contributed by atoms with Crippen LogP contribution in [0.25, 0.3) is 0 Å². The van der Waals surface area contributed by atoms with Crippen molar-refractivity contribution in [2.24, 2.45) is 10.8 Å². The third kappa shape index (κ3) is 4.43. The Kier molecular flexibility index (Phi) is 5.78. The van der Waals surface area contributed by atoms with Crippen molar-refractivity contribution in [2.75, 3.05) is 0 Å². The second-order valence-corrected chi connectivity index (χ2v) is 10.4. The van der Waals surface area contributed by atoms with Gasteiger partial charge in [0.15, 0.2) is 0 Å². The Bertz CT molecular complexity index is 605. The first-order valence-electron chi connectivity index (χ1n) is 8.47. The first-order valence-corrected chi connectivity index (χ1v) is 10.1. The van der Waals surface area contributed by atoms with Crippen LogP contribution in [0.2, 0.25) is 0 Å². The summed E-state index contributed by atoms with van der Waals surface area (Å²) in [6.07, 6.45) is 0.879. The highest BCUT2D eigenvalue weighted by atomic mass is 28.3. The molecule has 0 aliphatic rings. The lowest BCUT2D eigenvalue weighted by Gasteiger charge is -2.41. The maximum absolute atomic E-state index is 11.7. The van der Waals surface area contributed by atoms with E-state index in [-0.39, 0.29) is 11.5 Å². The lowest BCUT2D eigenvalue weighted by molar-refractivity contribution is -0.123. The van der Waals surface area contributed by atoms with Crippen LogP contribution >= 0.6 is 0 Å². The standard InChI is InChI=1S/C21H28O2Si/c1-20(2,3)19(21(4,5)16-22)23-24(17-12-8-6-9-13-17)18-14-10-7-11-15-18/h6-16,19,24H,1-5H3. The molecule has 2 rings (SSSR count). The minimum absolute atomic E-state index is 0.126. The van der Waals surface area contributed by atoms with Crippen LogP contribution in [0.3, 0.4) is 0 Å². The summed E-state index contributed by atoms with van der Waals surface area (Å²) >= 11 is 0. The van der Waals surface area contributed by atoms with Gasteiger partial charge < -0.3 is 9.22 Å². The van der Waals surface area contributed by atoms with Crippen molar-refractivity contribution < 1.29 is 9.22 Å². The van der Waals surface area contributed by atoms with Gasteiger partial charge in [-0.15, -0.1) is 0 Å². The number of hydrogen-bond acceptors (Lipinski definition) is 2. The molecule has 1 atom stereocenters. The molecule has 0 amide bonds. The molecule has 0 aliphatic heterocycles. The zero-order valence-electron chi connectivity index (χ0n) is 15.3. The van der Waals surface area contributed by atoms with Crippen LogP contribution in [0.4, 0.5) is 0 Å². The molecule has 1 unspecified atom stereocenters. The van der Waals surface area contributed by atoms with Gasteiger partial charge in [0.2, 0.25) is 9.04 Å². The first-order chi connectivity index (χ1) is 11.3. The van der Waals surface area contributed by atoms with Gasteiger partial charge >= 0.3 is 0 Å². The Hall–Kier alpha value is -1.71. The summed E-state index contributed by atoms with van der Waals surface area (Å²) < 4.78 is 6.75. The van der Waals surface area contributed by atoms with E-state index in [9.17, 15) is 4.79 Å². The van der Waals surface area contributed by atoms with E-state index >= 15 is 0 Å². The van der Waals surface area contributed by atoms with E-state index < -0.39 is 14.5 Å². The summed E-state index contributed by atoms with van der Waals surface area (Å²) in [5.41, 5.74) is -0.660. The second-order valence-electron chi connectivity index (χ2n) is 8.02. The molecule has 3 heteroatoms. The molecule has 0 aliphatic carbocycles. The van der Waals surface area contributed by atoms with Crippen molar-refractivity contribution in [3.8, 4) is 0 Å². The van der Waals surface area contributed by atoms with Crippen LogP contribution in [0.15, 0.2) is 60.7 Å². The monoisotopic (exact) mass is 340 g/mol. The first kappa shape index (κ1) is 18.6. The van der Waals surface area contributed by atoms with E-state index in [2.05, 4.69) is 69.3 Å². The highest BCUT2D eigenvalue weighted by Gasteiger charge is 2.41. The number of carbonyl (C=O) groups excluding carboxylic acids is 1. The Morgan fingerprint density at radius 1 is 0.833 bits per heavy atom. The van der Waals surface area contributed by atoms with Gasteiger partial charge in [-0.25, -0.2) is 0 Å². The molecule has 0 aromatic heterocycles. The highest BCUT2D eigenvalue weighted by Crippen LogP contribution is 2.35. The van der Waals surface area contributed by atoms with Gasteiger partial charge in [-0.1, -0.05) is 95.3 Å². The number of hydrogen-bond donors (Lipinski definition) is 0. The predicted octanol–water partition coefficient (Wildman–Crippen LogP) is 3.18. The zero-order chi connectivity index (χ0) is 17.8. The van der Waals surface area contributed by atoms with E-state index in [1.165, 1.54) is 10.4 Å². The van der Waals surface area contributed by atoms with Crippen molar-refractivity contribution in [3.05, 3.63) is 60.7 Å². The minimum atomic E-state index is -1.88. The molecule has 0 N–H and O–H groups in total. The molecule has 0 radical (unpaired) electrons. The van der Waals surface area contributed by atoms with Crippen molar-refractivity contribution in [3.63, 3.8) is 0 Å². The lowest BCUT2D eigenvalue weighted by Crippen LogP contribution is -2.54. The zero-order valence-corrected chi connectivity index (χ0v) is 16.5. The minimum Gasteiger partial charge on any atom is -0.406 e. The average Bonchev–Trinajstić information content (AvgIpc) is 2.56. The smallest absolute Gasteiger partial charge is 0.240 e. The molecule has 128 valence electrons. The van der Waals surface area contributed by atoms with Crippen molar-refractivity contribution in [2.45, 2.75) is 40.7 Å². The van der Waals surface area contributed by atoms with E-state index in [1.807, 2.05) is 26.0 Å². The van der Waals surface area contributed by atoms with E-state index in [0.717, 1.165) is 6.29 Å². The van der Waals surface area contributed by atoms with Gasteiger partial charge in [0, 0.05) is 5.41 Å². The van der Waals surface area contributed by atoms with Gasteiger partial charge in [-0.2, -0.15) is 0 Å². The molecule has 2 nitrogen and oxygen atoms in total. The van der Waals surface area contributed by atoms with E-state index in [1.54, 1.807) is 0 Å². The second kappa shape index (κ2) is 7.45. The number of aldehydes is 1. The molecule has 2 aromatic carbocycles. The van der Waals surface area contributed by atoms with Crippen LogP contribution in [0.1, 0.15) is 34.6 Å². The van der Waals surface area contributed by atoms with Gasteiger partial charge in [0.25, 0.3) is 0 Å². The Balaban J connectivity index is 2.46. The molecule has 2 aromatic rings. The third-order valence-electron chi connectivity index (χ3n) is 4.24. The largest absolute Gasteiger partial charge is 0.406 e. The summed E-state index contributed by atoms with van der Waals surface area (Å²) in [5, 5.41) is 2.47. The fourth-order valence-electron chi connectivity index (χ4n) is 3.30. The quantitative estimate of drug-likeness (QED) is 0.596. The summed E-state index contributed by atoms with van der Waals surface area (Å²) in [6, 6.07) is 20.8.